The van der Waals surface area contributed by atoms with Crippen molar-refractivity contribution in [2.45, 2.75) is 31.7 Å². The van der Waals surface area contributed by atoms with E-state index in [1.54, 1.807) is 36.4 Å². The lowest BCUT2D eigenvalue weighted by molar-refractivity contribution is -0.122. The molecule has 0 saturated heterocycles. The highest BCUT2D eigenvalue weighted by Crippen LogP contribution is 2.26. The molecule has 0 aliphatic heterocycles. The van der Waals surface area contributed by atoms with Gasteiger partial charge < -0.3 is 36.6 Å². The lowest BCUT2D eigenvalue weighted by Gasteiger charge is -2.14. The van der Waals surface area contributed by atoms with Gasteiger partial charge in [-0.05, 0) is 66.3 Å². The molecule has 0 saturated carbocycles. The maximum absolute atomic E-state index is 12.9. The second kappa shape index (κ2) is 15.3. The highest BCUT2D eigenvalue weighted by atomic mass is 16.5. The summed E-state index contributed by atoms with van der Waals surface area (Å²) in [5.41, 5.74) is 7.18. The van der Waals surface area contributed by atoms with Gasteiger partial charge in [-0.2, -0.15) is 0 Å². The smallest absolute Gasteiger partial charge is 0.255 e. The van der Waals surface area contributed by atoms with Crippen LogP contribution in [0.1, 0.15) is 35.2 Å². The van der Waals surface area contributed by atoms with E-state index in [-0.39, 0.29) is 30.7 Å². The number of carbonyl (C=O) groups is 3. The van der Waals surface area contributed by atoms with Crippen molar-refractivity contribution < 1.29 is 29.3 Å². The molecule has 1 atom stereocenters. The van der Waals surface area contributed by atoms with Crippen molar-refractivity contribution in [1.29, 1.82) is 0 Å². The Hall–Kier alpha value is -4.15. The van der Waals surface area contributed by atoms with Crippen LogP contribution in [0.3, 0.4) is 0 Å². The van der Waals surface area contributed by atoms with Crippen LogP contribution in [0, 0.1) is 0 Å². The fraction of sp³-hybridized carbons (Fsp3) is 0.345. The largest absolute Gasteiger partial charge is 0.508 e. The number of phenolic OH excluding ortho intramolecular Hbond substituents is 1. The monoisotopic (exact) mass is 536 g/mol. The van der Waals surface area contributed by atoms with Crippen LogP contribution in [0.5, 0.6) is 11.5 Å². The van der Waals surface area contributed by atoms with E-state index >= 15 is 0 Å². The van der Waals surface area contributed by atoms with Crippen LogP contribution in [-0.4, -0.2) is 66.8 Å². The minimum absolute atomic E-state index is 0.0225. The summed E-state index contributed by atoms with van der Waals surface area (Å²) in [5.74, 6) is -0.453. The Bertz CT molecular complexity index is 1250. The quantitative estimate of drug-likeness (QED) is 0.161. The number of phenols is 1. The predicted molar refractivity (Wildman–Crippen MR) is 149 cm³/mol. The number of amides is 3. The highest BCUT2D eigenvalue weighted by molar-refractivity contribution is 6.02. The zero-order chi connectivity index (χ0) is 28.0. The second-order valence-electron chi connectivity index (χ2n) is 9.13. The molecule has 0 aliphatic carbocycles. The van der Waals surface area contributed by atoms with Crippen LogP contribution in [0.25, 0.3) is 10.8 Å². The van der Waals surface area contributed by atoms with Crippen molar-refractivity contribution in [1.82, 2.24) is 16.0 Å². The molecule has 3 aromatic rings. The van der Waals surface area contributed by atoms with E-state index in [9.17, 15) is 19.5 Å². The summed E-state index contributed by atoms with van der Waals surface area (Å²) in [4.78, 5) is 37.1. The number of carbonyl (C=O) groups excluding carboxylic acids is 3. The molecule has 1 unspecified atom stereocenters. The van der Waals surface area contributed by atoms with Gasteiger partial charge in [0.1, 0.15) is 11.5 Å². The molecule has 0 fully saturated rings. The summed E-state index contributed by atoms with van der Waals surface area (Å²) in [7, 11) is 0. The molecule has 10 nitrogen and oxygen atoms in total. The van der Waals surface area contributed by atoms with Gasteiger partial charge in [0.2, 0.25) is 11.8 Å². The van der Waals surface area contributed by atoms with Gasteiger partial charge in [-0.25, -0.2) is 0 Å². The molecule has 7 N–H and O–H groups in total. The molecule has 0 spiro atoms. The zero-order valence-corrected chi connectivity index (χ0v) is 21.8. The SMILES string of the molecule is NC(Cc1ccc(O)cc1)C(=O)NCCCCOc1cc2ccccc2cc1C(=O)NCC(=O)NCCCO. The Morgan fingerprint density at radius 1 is 0.872 bits per heavy atom. The number of rotatable bonds is 15. The first kappa shape index (κ1) is 29.4. The van der Waals surface area contributed by atoms with Crippen molar-refractivity contribution in [3.8, 4) is 11.5 Å². The van der Waals surface area contributed by atoms with E-state index in [2.05, 4.69) is 16.0 Å². The number of nitrogens with one attached hydrogen (secondary N) is 3. The van der Waals surface area contributed by atoms with Crippen LogP contribution in [0.4, 0.5) is 0 Å². The van der Waals surface area contributed by atoms with Crippen LogP contribution in [0.2, 0.25) is 0 Å². The van der Waals surface area contributed by atoms with Gasteiger partial charge in [-0.3, -0.25) is 14.4 Å². The molecule has 0 heterocycles. The van der Waals surface area contributed by atoms with Crippen LogP contribution in [-0.2, 0) is 16.0 Å². The number of ether oxygens (including phenoxy) is 1. The van der Waals surface area contributed by atoms with E-state index in [1.165, 1.54) is 0 Å². The second-order valence-corrected chi connectivity index (χ2v) is 9.13. The maximum atomic E-state index is 12.9. The van der Waals surface area contributed by atoms with Crippen molar-refractivity contribution >= 4 is 28.5 Å². The van der Waals surface area contributed by atoms with Gasteiger partial charge in [-0.15, -0.1) is 0 Å². The van der Waals surface area contributed by atoms with Gasteiger partial charge in [0, 0.05) is 19.7 Å². The van der Waals surface area contributed by atoms with E-state index < -0.39 is 11.9 Å². The molecule has 0 aliphatic rings. The van der Waals surface area contributed by atoms with Gasteiger partial charge in [0.25, 0.3) is 5.91 Å². The molecule has 3 amide bonds. The normalized spacial score (nSPS) is 11.5. The van der Waals surface area contributed by atoms with Crippen molar-refractivity contribution in [3.05, 3.63) is 71.8 Å². The molecule has 208 valence electrons. The molecular formula is C29H36N4O6. The number of benzene rings is 3. The minimum atomic E-state index is -0.693. The van der Waals surface area contributed by atoms with E-state index in [4.69, 9.17) is 15.6 Å². The minimum Gasteiger partial charge on any atom is -0.508 e. The maximum Gasteiger partial charge on any atom is 0.255 e. The van der Waals surface area contributed by atoms with E-state index in [1.807, 2.05) is 24.3 Å². The predicted octanol–water partition coefficient (Wildman–Crippen LogP) is 1.62. The molecule has 0 aromatic heterocycles. The Balaban J connectivity index is 1.47. The number of aliphatic hydroxyl groups is 1. The van der Waals surface area contributed by atoms with Crippen LogP contribution < -0.4 is 26.4 Å². The number of hydrogen-bond donors (Lipinski definition) is 6. The third kappa shape index (κ3) is 9.59. The Kier molecular flexibility index (Phi) is 11.5. The lowest BCUT2D eigenvalue weighted by Crippen LogP contribution is -2.42. The third-order valence-electron chi connectivity index (χ3n) is 6.02. The molecule has 3 rings (SSSR count). The first-order valence-corrected chi connectivity index (χ1v) is 13.0. The summed E-state index contributed by atoms with van der Waals surface area (Å²) in [6.45, 7) is 0.883. The lowest BCUT2D eigenvalue weighted by atomic mass is 10.1. The van der Waals surface area contributed by atoms with Crippen LogP contribution in [0.15, 0.2) is 60.7 Å². The molecule has 0 bridgehead atoms. The number of aliphatic hydroxyl groups excluding tert-OH is 1. The highest BCUT2D eigenvalue weighted by Gasteiger charge is 2.16. The van der Waals surface area contributed by atoms with E-state index in [0.717, 1.165) is 16.3 Å². The Labute approximate surface area is 227 Å². The first-order valence-electron chi connectivity index (χ1n) is 13.0. The molecule has 3 aromatic carbocycles. The van der Waals surface area contributed by atoms with Gasteiger partial charge in [0.15, 0.2) is 0 Å². The van der Waals surface area contributed by atoms with Crippen LogP contribution >= 0.6 is 0 Å². The number of unbranched alkanes of at least 4 members (excludes halogenated alkanes) is 1. The fourth-order valence-electron chi connectivity index (χ4n) is 3.87. The average Bonchev–Trinajstić information content (AvgIpc) is 2.94. The number of fused-ring (bicyclic) bond motifs is 1. The molecule has 10 heteroatoms. The van der Waals surface area contributed by atoms with Gasteiger partial charge >= 0.3 is 0 Å². The standard InChI is InChI=1S/C29H36N4O6/c30-25(16-20-8-10-23(35)11-9-20)29(38)32-12-3-4-15-39-26-18-22-7-2-1-6-21(22)17-24(26)28(37)33-19-27(36)31-13-5-14-34/h1-2,6-11,17-18,25,34-35H,3-5,12-16,19,30H2,(H,31,36)(H,32,38)(H,33,37). The summed E-state index contributed by atoms with van der Waals surface area (Å²) in [6, 6.07) is 17.0. The average molecular weight is 537 g/mol. The van der Waals surface area contributed by atoms with Crippen molar-refractivity contribution in [2.75, 3.05) is 32.8 Å². The third-order valence-corrected chi connectivity index (χ3v) is 6.02. The fourth-order valence-corrected chi connectivity index (χ4v) is 3.87. The summed E-state index contributed by atoms with van der Waals surface area (Å²) >= 11 is 0. The van der Waals surface area contributed by atoms with Gasteiger partial charge in [-0.1, -0.05) is 36.4 Å². The Morgan fingerprint density at radius 3 is 2.28 bits per heavy atom. The molecular weight excluding hydrogens is 500 g/mol. The number of hydrogen-bond acceptors (Lipinski definition) is 7. The number of aromatic hydroxyl groups is 1. The summed E-state index contributed by atoms with van der Waals surface area (Å²) in [5, 5.41) is 28.0. The first-order chi connectivity index (χ1) is 18.9. The number of nitrogens with two attached hydrogens (primary N) is 1. The molecule has 0 radical (unpaired) electrons. The summed E-state index contributed by atoms with van der Waals surface area (Å²) in [6.07, 6.45) is 2.10. The van der Waals surface area contributed by atoms with Crippen molar-refractivity contribution in [2.24, 2.45) is 5.73 Å². The van der Waals surface area contributed by atoms with Gasteiger partial charge in [0.05, 0.1) is 24.8 Å². The van der Waals surface area contributed by atoms with E-state index in [0.29, 0.717) is 56.7 Å². The molecule has 39 heavy (non-hydrogen) atoms. The van der Waals surface area contributed by atoms with Crippen molar-refractivity contribution in [3.63, 3.8) is 0 Å². The zero-order valence-electron chi connectivity index (χ0n) is 21.8. The Morgan fingerprint density at radius 2 is 1.56 bits per heavy atom. The topological polar surface area (TPSA) is 163 Å². The summed E-state index contributed by atoms with van der Waals surface area (Å²) < 4.78 is 5.95.